The number of hydrogen-bond donors (Lipinski definition) is 0. The van der Waals surface area contributed by atoms with Gasteiger partial charge in [-0.1, -0.05) is 226 Å². The van der Waals surface area contributed by atoms with Crippen molar-refractivity contribution >= 4 is 0 Å². The van der Waals surface area contributed by atoms with Gasteiger partial charge in [0.05, 0.1) is 13.1 Å². The second-order valence-electron chi connectivity index (χ2n) is 15.9. The normalized spacial score (nSPS) is 11.6. The summed E-state index contributed by atoms with van der Waals surface area (Å²) in [5.74, 6) is 1.63. The van der Waals surface area contributed by atoms with Crippen LogP contribution in [-0.4, -0.2) is 4.57 Å². The van der Waals surface area contributed by atoms with Gasteiger partial charge < -0.3 is 0 Å². The number of unbranched alkanes of at least 4 members (excludes halogenated alkanes) is 34. The second kappa shape index (κ2) is 37.5. The van der Waals surface area contributed by atoms with E-state index in [1.54, 1.807) is 5.82 Å². The van der Waals surface area contributed by atoms with Crippen molar-refractivity contribution in [1.29, 1.82) is 0 Å². The van der Waals surface area contributed by atoms with E-state index >= 15 is 0 Å². The van der Waals surface area contributed by atoms with E-state index in [-0.39, 0.29) is 0 Å². The van der Waals surface area contributed by atoms with Gasteiger partial charge in [0.15, 0.2) is 0 Å². The molecular weight excluding hydrogens is 581 g/mol. The molecule has 0 saturated heterocycles. The van der Waals surface area contributed by atoms with E-state index < -0.39 is 0 Å². The van der Waals surface area contributed by atoms with Crippen molar-refractivity contribution in [3.05, 3.63) is 18.2 Å². The summed E-state index contributed by atoms with van der Waals surface area (Å²) in [7, 11) is 0. The summed E-state index contributed by atoms with van der Waals surface area (Å²) >= 11 is 0. The molecule has 1 aromatic rings. The molecule has 2 heteroatoms. The summed E-state index contributed by atoms with van der Waals surface area (Å²) in [6.45, 7) is 9.41. The van der Waals surface area contributed by atoms with Crippen LogP contribution in [0.15, 0.2) is 12.4 Å². The third-order valence-electron chi connectivity index (χ3n) is 11.1. The van der Waals surface area contributed by atoms with E-state index in [0.29, 0.717) is 0 Å². The van der Waals surface area contributed by atoms with Crippen LogP contribution in [0.2, 0.25) is 0 Å². The van der Waals surface area contributed by atoms with Gasteiger partial charge in [-0.2, -0.15) is 0 Å². The van der Waals surface area contributed by atoms with Gasteiger partial charge in [0.25, 0.3) is 5.82 Å². The van der Waals surface area contributed by atoms with Gasteiger partial charge >= 0.3 is 0 Å². The van der Waals surface area contributed by atoms with E-state index in [0.717, 1.165) is 0 Å². The van der Waals surface area contributed by atoms with Gasteiger partial charge in [0.2, 0.25) is 0 Å². The molecule has 0 saturated carbocycles. The lowest BCUT2D eigenvalue weighted by Gasteiger charge is -2.07. The maximum Gasteiger partial charge on any atom is 0.256 e. The van der Waals surface area contributed by atoms with Gasteiger partial charge in [-0.3, -0.25) is 0 Å². The maximum atomic E-state index is 2.65. The number of aryl methyl sites for hydroxylation is 2. The van der Waals surface area contributed by atoms with Crippen molar-refractivity contribution in [2.24, 2.45) is 0 Å². The molecule has 0 unspecified atom stereocenters. The van der Waals surface area contributed by atoms with Crippen molar-refractivity contribution in [2.75, 3.05) is 0 Å². The van der Waals surface area contributed by atoms with Crippen molar-refractivity contribution in [1.82, 2.24) is 4.57 Å². The average Bonchev–Trinajstić information content (AvgIpc) is 3.48. The Hall–Kier alpha value is -0.790. The first-order valence-electron chi connectivity index (χ1n) is 22.9. The summed E-state index contributed by atoms with van der Waals surface area (Å²) in [6, 6.07) is 0. The Kier molecular flexibility index (Phi) is 35.3. The average molecular weight is 672 g/mol. The molecule has 0 spiro atoms. The molecule has 1 rings (SSSR count). The van der Waals surface area contributed by atoms with Crippen molar-refractivity contribution in [3.63, 3.8) is 0 Å². The maximum absolute atomic E-state index is 2.65. The van der Waals surface area contributed by atoms with E-state index in [1.807, 2.05) is 0 Å². The van der Waals surface area contributed by atoms with Crippen LogP contribution in [0.25, 0.3) is 0 Å². The van der Waals surface area contributed by atoms with Gasteiger partial charge in [-0.25, -0.2) is 9.13 Å². The first kappa shape index (κ1) is 45.2. The Morgan fingerprint density at radius 2 is 0.646 bits per heavy atom. The zero-order valence-corrected chi connectivity index (χ0v) is 33.8. The molecule has 2 nitrogen and oxygen atoms in total. The van der Waals surface area contributed by atoms with Crippen molar-refractivity contribution in [3.8, 4) is 0 Å². The molecular formula is C46H91N2+. The molecule has 0 aliphatic heterocycles. The zero-order chi connectivity index (χ0) is 34.4. The van der Waals surface area contributed by atoms with Gasteiger partial charge in [-0.15, -0.1) is 0 Å². The Balaban J connectivity index is 2.24. The molecule has 0 aliphatic carbocycles. The molecule has 48 heavy (non-hydrogen) atoms. The van der Waals surface area contributed by atoms with Crippen LogP contribution in [-0.2, 0) is 19.5 Å². The summed E-state index contributed by atoms with van der Waals surface area (Å²) < 4.78 is 5.29. The third-order valence-corrected chi connectivity index (χ3v) is 11.1. The Labute approximate surface area is 304 Å². The first-order chi connectivity index (χ1) is 23.8. The standard InChI is InChI=1S/C46H91N2/c1-4-7-10-13-16-19-21-23-24-25-26-28-31-34-37-40-43-48-45-44-47(46(48)41-38-35-32-29-18-15-12-9-6-3)42-39-36-33-30-27-22-20-17-14-11-8-5-2/h44-45H,4-43H2,1-3H3/q+1. The smallest absolute Gasteiger partial charge is 0.234 e. The first-order valence-corrected chi connectivity index (χ1v) is 22.9. The highest BCUT2D eigenvalue weighted by molar-refractivity contribution is 4.84. The zero-order valence-electron chi connectivity index (χ0n) is 33.8. The molecule has 0 aliphatic rings. The fraction of sp³-hybridized carbons (Fsp3) is 0.935. The Morgan fingerprint density at radius 1 is 0.354 bits per heavy atom. The number of imidazole rings is 1. The number of aromatic nitrogens is 2. The molecule has 1 aromatic heterocycles. The highest BCUT2D eigenvalue weighted by Crippen LogP contribution is 2.16. The van der Waals surface area contributed by atoms with E-state index in [9.17, 15) is 0 Å². The predicted molar refractivity (Wildman–Crippen MR) is 216 cm³/mol. The van der Waals surface area contributed by atoms with Gasteiger partial charge in [0, 0.05) is 6.42 Å². The van der Waals surface area contributed by atoms with E-state index in [1.165, 1.54) is 257 Å². The lowest BCUT2D eigenvalue weighted by Crippen LogP contribution is -2.37. The second-order valence-corrected chi connectivity index (χ2v) is 15.9. The van der Waals surface area contributed by atoms with Crippen LogP contribution in [0, 0.1) is 0 Å². The number of nitrogens with zero attached hydrogens (tertiary/aromatic N) is 2. The minimum absolute atomic E-state index is 1.23. The van der Waals surface area contributed by atoms with E-state index in [4.69, 9.17) is 0 Å². The fourth-order valence-electron chi connectivity index (χ4n) is 7.74. The Bertz CT molecular complexity index is 736. The number of rotatable bonds is 40. The lowest BCUT2D eigenvalue weighted by atomic mass is 10.0. The molecule has 0 aromatic carbocycles. The summed E-state index contributed by atoms with van der Waals surface area (Å²) in [5.41, 5.74) is 0. The van der Waals surface area contributed by atoms with Crippen LogP contribution in [0.1, 0.15) is 264 Å². The van der Waals surface area contributed by atoms with E-state index in [2.05, 4.69) is 42.3 Å². The number of hydrogen-bond acceptors (Lipinski definition) is 0. The van der Waals surface area contributed by atoms with Crippen molar-refractivity contribution in [2.45, 2.75) is 278 Å². The predicted octanol–water partition coefficient (Wildman–Crippen LogP) is 15.8. The summed E-state index contributed by atoms with van der Waals surface area (Å²) in [5, 5.41) is 0. The molecule has 0 amide bonds. The topological polar surface area (TPSA) is 8.81 Å². The quantitative estimate of drug-likeness (QED) is 0.0485. The van der Waals surface area contributed by atoms with Gasteiger partial charge in [0.1, 0.15) is 12.4 Å². The third kappa shape index (κ3) is 29.0. The molecule has 284 valence electrons. The van der Waals surface area contributed by atoms with Crippen molar-refractivity contribution < 1.29 is 4.57 Å². The molecule has 0 radical (unpaired) electrons. The minimum atomic E-state index is 1.23. The highest BCUT2D eigenvalue weighted by atomic mass is 15.1. The van der Waals surface area contributed by atoms with Crippen LogP contribution in [0.3, 0.4) is 0 Å². The SMILES string of the molecule is CCCCCCCCCCCCCCCCCC[n+]1ccn(CCCCCCCCCCCCCC)c1CCCCCCCCCCC. The molecule has 0 N–H and O–H groups in total. The summed E-state index contributed by atoms with van der Waals surface area (Å²) in [6.07, 6.45) is 59.3. The lowest BCUT2D eigenvalue weighted by molar-refractivity contribution is -0.704. The summed E-state index contributed by atoms with van der Waals surface area (Å²) in [4.78, 5) is 0. The van der Waals surface area contributed by atoms with Crippen LogP contribution in [0.5, 0.6) is 0 Å². The van der Waals surface area contributed by atoms with Crippen LogP contribution < -0.4 is 4.57 Å². The van der Waals surface area contributed by atoms with Crippen LogP contribution >= 0.6 is 0 Å². The molecule has 0 bridgehead atoms. The molecule has 1 heterocycles. The molecule has 0 atom stereocenters. The van der Waals surface area contributed by atoms with Gasteiger partial charge in [-0.05, 0) is 32.1 Å². The largest absolute Gasteiger partial charge is 0.256 e. The molecule has 0 fully saturated rings. The van der Waals surface area contributed by atoms with Crippen LogP contribution in [0.4, 0.5) is 0 Å². The Morgan fingerprint density at radius 3 is 1.00 bits per heavy atom. The highest BCUT2D eigenvalue weighted by Gasteiger charge is 2.16. The fourth-order valence-corrected chi connectivity index (χ4v) is 7.74. The monoisotopic (exact) mass is 672 g/mol. The minimum Gasteiger partial charge on any atom is -0.234 e.